The second kappa shape index (κ2) is 6.10. The first-order valence-electron chi connectivity index (χ1n) is 7.42. The monoisotopic (exact) mass is 422 g/mol. The molecule has 3 aliphatic heterocycles. The van der Waals surface area contributed by atoms with Crippen molar-refractivity contribution < 1.29 is 19.3 Å². The first-order valence-corrected chi connectivity index (χ1v) is 9.25. The first kappa shape index (κ1) is 16.2. The van der Waals surface area contributed by atoms with Crippen LogP contribution >= 0.6 is 31.9 Å². The van der Waals surface area contributed by atoms with E-state index in [4.69, 9.17) is 20.6 Å². The fraction of sp³-hybridized carbons (Fsp3) is 0.867. The number of hydrogen-bond donors (Lipinski definition) is 1. The van der Waals surface area contributed by atoms with Crippen molar-refractivity contribution in [3.63, 3.8) is 0 Å². The fourth-order valence-electron chi connectivity index (χ4n) is 3.47. The third-order valence-electron chi connectivity index (χ3n) is 4.65. The highest BCUT2D eigenvalue weighted by Crippen LogP contribution is 2.50. The van der Waals surface area contributed by atoms with E-state index in [1.54, 1.807) is 0 Å². The molecule has 3 aliphatic rings. The van der Waals surface area contributed by atoms with Crippen LogP contribution in [0.3, 0.4) is 0 Å². The van der Waals surface area contributed by atoms with E-state index in [0.29, 0.717) is 17.7 Å². The van der Waals surface area contributed by atoms with Gasteiger partial charge in [0.2, 0.25) is 0 Å². The Kier molecular flexibility index (Phi) is 4.72. The molecule has 1 spiro atoms. The maximum atomic E-state index is 9.71. The molecular formula is C15H20Br2O4. The summed E-state index contributed by atoms with van der Waals surface area (Å²) in [5.74, 6) is 1.72. The minimum absolute atomic E-state index is 0.0489. The zero-order valence-corrected chi connectivity index (χ0v) is 15.0. The molecule has 0 aromatic heterocycles. The van der Waals surface area contributed by atoms with Crippen molar-refractivity contribution in [2.45, 2.75) is 78.6 Å². The number of fused-ring (bicyclic) bond motifs is 1. The van der Waals surface area contributed by atoms with Gasteiger partial charge in [0, 0.05) is 17.7 Å². The summed E-state index contributed by atoms with van der Waals surface area (Å²) in [5.41, 5.74) is 0. The summed E-state index contributed by atoms with van der Waals surface area (Å²) in [6.45, 7) is 2.14. The third kappa shape index (κ3) is 2.82. The molecule has 6 heteroatoms. The molecule has 8 atom stereocenters. The van der Waals surface area contributed by atoms with Crippen LogP contribution in [0.25, 0.3) is 0 Å². The second-order valence-electron chi connectivity index (χ2n) is 6.02. The summed E-state index contributed by atoms with van der Waals surface area (Å²) in [6, 6.07) is 0. The van der Waals surface area contributed by atoms with Gasteiger partial charge in [0.05, 0.1) is 29.2 Å². The Morgan fingerprint density at radius 2 is 2.10 bits per heavy atom. The van der Waals surface area contributed by atoms with Crippen molar-refractivity contribution in [1.82, 2.24) is 0 Å². The second-order valence-corrected chi connectivity index (χ2v) is 8.30. The number of aliphatic hydroxyl groups is 1. The minimum Gasteiger partial charge on any atom is -0.378 e. The van der Waals surface area contributed by atoms with Crippen molar-refractivity contribution in [3.8, 4) is 12.3 Å². The smallest absolute Gasteiger partial charge is 0.184 e. The molecule has 1 unspecified atom stereocenters. The largest absolute Gasteiger partial charge is 0.378 e. The number of alkyl halides is 2. The molecule has 118 valence electrons. The molecule has 3 heterocycles. The zero-order valence-electron chi connectivity index (χ0n) is 11.9. The highest BCUT2D eigenvalue weighted by atomic mass is 79.9. The lowest BCUT2D eigenvalue weighted by atomic mass is 10.0. The van der Waals surface area contributed by atoms with Crippen molar-refractivity contribution in [2.75, 3.05) is 0 Å². The van der Waals surface area contributed by atoms with Crippen LogP contribution in [0.5, 0.6) is 0 Å². The van der Waals surface area contributed by atoms with Crippen LogP contribution in [0.2, 0.25) is 0 Å². The molecule has 3 fully saturated rings. The Balaban J connectivity index is 1.65. The van der Waals surface area contributed by atoms with Crippen molar-refractivity contribution in [2.24, 2.45) is 0 Å². The van der Waals surface area contributed by atoms with Gasteiger partial charge in [-0.05, 0) is 12.8 Å². The molecule has 0 radical (unpaired) electrons. The van der Waals surface area contributed by atoms with Crippen LogP contribution < -0.4 is 0 Å². The molecule has 0 bridgehead atoms. The standard InChI is InChI=1S/C15H20Br2O4/c1-3-8(16)10-6-14(17)15(20-10)7-13-12(21-15)5-11(19-13)9(18)4-2/h2,8-14,18H,3,5-7H2,1H3/t8-,9-,10?,11-,12-,13-,14+,15+/m1/s1. The molecule has 4 nitrogen and oxygen atoms in total. The van der Waals surface area contributed by atoms with Crippen molar-refractivity contribution in [1.29, 1.82) is 0 Å². The van der Waals surface area contributed by atoms with Crippen LogP contribution in [0.1, 0.15) is 32.6 Å². The van der Waals surface area contributed by atoms with Gasteiger partial charge >= 0.3 is 0 Å². The molecule has 0 aliphatic carbocycles. The molecule has 21 heavy (non-hydrogen) atoms. The Morgan fingerprint density at radius 3 is 2.71 bits per heavy atom. The van der Waals surface area contributed by atoms with Gasteiger partial charge in [0.25, 0.3) is 0 Å². The van der Waals surface area contributed by atoms with E-state index in [1.807, 2.05) is 0 Å². The van der Waals surface area contributed by atoms with E-state index in [0.717, 1.165) is 12.8 Å². The van der Waals surface area contributed by atoms with E-state index in [2.05, 4.69) is 44.7 Å². The topological polar surface area (TPSA) is 47.9 Å². The lowest BCUT2D eigenvalue weighted by molar-refractivity contribution is -0.214. The SMILES string of the molecule is C#C[C@@H](O)[C@H]1C[C@H]2O[C@]3(C[C@H]2O1)OC([C@H](Br)CC)C[C@@H]3Br. The van der Waals surface area contributed by atoms with Crippen LogP contribution in [0, 0.1) is 12.3 Å². The summed E-state index contributed by atoms with van der Waals surface area (Å²) in [5, 5.41) is 9.71. The summed E-state index contributed by atoms with van der Waals surface area (Å²) < 4.78 is 18.3. The Labute approximate surface area is 142 Å². The summed E-state index contributed by atoms with van der Waals surface area (Å²) in [7, 11) is 0. The molecule has 3 saturated heterocycles. The van der Waals surface area contributed by atoms with Gasteiger partial charge in [-0.3, -0.25) is 0 Å². The van der Waals surface area contributed by atoms with Gasteiger partial charge < -0.3 is 19.3 Å². The predicted octanol–water partition coefficient (Wildman–Crippen LogP) is 2.35. The number of hydrogen-bond acceptors (Lipinski definition) is 4. The Hall–Kier alpha value is 0.360. The molecule has 0 saturated carbocycles. The van der Waals surface area contributed by atoms with Gasteiger partial charge in [-0.2, -0.15) is 0 Å². The fourth-order valence-corrected chi connectivity index (χ4v) is 4.57. The molecular weight excluding hydrogens is 404 g/mol. The lowest BCUT2D eigenvalue weighted by Gasteiger charge is -2.29. The molecule has 0 aromatic carbocycles. The number of ether oxygens (including phenoxy) is 3. The van der Waals surface area contributed by atoms with Crippen molar-refractivity contribution >= 4 is 31.9 Å². The van der Waals surface area contributed by atoms with E-state index >= 15 is 0 Å². The predicted molar refractivity (Wildman–Crippen MR) is 85.5 cm³/mol. The first-order chi connectivity index (χ1) is 9.99. The minimum atomic E-state index is -0.862. The molecule has 1 N–H and O–H groups in total. The molecule has 0 amide bonds. The number of halogens is 2. The van der Waals surface area contributed by atoms with Crippen LogP contribution in [-0.2, 0) is 14.2 Å². The summed E-state index contributed by atoms with van der Waals surface area (Å²) in [6.07, 6.45) is 7.34. The van der Waals surface area contributed by atoms with E-state index in [9.17, 15) is 5.11 Å². The maximum Gasteiger partial charge on any atom is 0.184 e. The van der Waals surface area contributed by atoms with Gasteiger partial charge in [0.15, 0.2) is 5.79 Å². The van der Waals surface area contributed by atoms with Gasteiger partial charge in [-0.25, -0.2) is 0 Å². The summed E-state index contributed by atoms with van der Waals surface area (Å²) >= 11 is 7.39. The number of aliphatic hydroxyl groups excluding tert-OH is 1. The van der Waals surface area contributed by atoms with Crippen molar-refractivity contribution in [3.05, 3.63) is 0 Å². The zero-order chi connectivity index (χ0) is 15.2. The highest BCUT2D eigenvalue weighted by Gasteiger charge is 2.60. The van der Waals surface area contributed by atoms with Crippen LogP contribution in [-0.4, -0.2) is 51.1 Å². The summed E-state index contributed by atoms with van der Waals surface area (Å²) in [4.78, 5) is 0.490. The molecule has 0 aromatic rings. The maximum absolute atomic E-state index is 9.71. The van der Waals surface area contributed by atoms with E-state index < -0.39 is 11.9 Å². The number of rotatable bonds is 3. The third-order valence-corrected chi connectivity index (χ3v) is 6.96. The average Bonchev–Trinajstić information content (AvgIpc) is 3.10. The van der Waals surface area contributed by atoms with Gasteiger partial charge in [0.1, 0.15) is 6.10 Å². The Morgan fingerprint density at radius 1 is 1.33 bits per heavy atom. The normalized spacial score (nSPS) is 48.2. The van der Waals surface area contributed by atoms with Crippen LogP contribution in [0.4, 0.5) is 0 Å². The highest BCUT2D eigenvalue weighted by molar-refractivity contribution is 9.09. The van der Waals surface area contributed by atoms with Crippen LogP contribution in [0.15, 0.2) is 0 Å². The van der Waals surface area contributed by atoms with E-state index in [1.165, 1.54) is 0 Å². The van der Waals surface area contributed by atoms with Gasteiger partial charge in [-0.15, -0.1) is 6.42 Å². The Bertz CT molecular complexity index is 424. The quantitative estimate of drug-likeness (QED) is 0.559. The molecule has 3 rings (SSSR count). The van der Waals surface area contributed by atoms with E-state index in [-0.39, 0.29) is 29.2 Å². The average molecular weight is 424 g/mol. The van der Waals surface area contributed by atoms with Gasteiger partial charge in [-0.1, -0.05) is 44.7 Å². The lowest BCUT2D eigenvalue weighted by Crippen LogP contribution is -2.39. The number of terminal acetylenes is 1.